The van der Waals surface area contributed by atoms with Gasteiger partial charge in [0.1, 0.15) is 6.07 Å². The molecule has 39 heavy (non-hydrogen) atoms. The summed E-state index contributed by atoms with van der Waals surface area (Å²) in [5.41, 5.74) is 3.50. The Kier molecular flexibility index (Phi) is 6.83. The van der Waals surface area contributed by atoms with E-state index in [0.29, 0.717) is 5.56 Å². The van der Waals surface area contributed by atoms with E-state index in [9.17, 15) is 25.0 Å². The minimum atomic E-state index is -0.663. The summed E-state index contributed by atoms with van der Waals surface area (Å²) in [7, 11) is 0. The lowest BCUT2D eigenvalue weighted by molar-refractivity contribution is -0.600. The normalized spacial score (nSPS) is 10.6. The van der Waals surface area contributed by atoms with Crippen LogP contribution in [0.25, 0.3) is 22.5 Å². The Balaban J connectivity index is 1.31. The Hall–Kier alpha value is -5.77. The van der Waals surface area contributed by atoms with Gasteiger partial charge in [-0.15, -0.1) is 0 Å². The van der Waals surface area contributed by atoms with Crippen molar-refractivity contribution in [2.24, 2.45) is 0 Å². The number of anilines is 1. The minimum absolute atomic E-state index is 0.187. The second-order valence-electron chi connectivity index (χ2n) is 8.54. The topological polar surface area (TPSA) is 123 Å². The summed E-state index contributed by atoms with van der Waals surface area (Å²) in [6.07, 6.45) is 7.14. The fraction of sp³-hybridized carbons (Fsp3) is 0. The summed E-state index contributed by atoms with van der Waals surface area (Å²) in [5, 5.41) is 25.3. The molecule has 0 saturated heterocycles. The maximum atomic E-state index is 12.5. The molecule has 5 rings (SSSR count). The number of rotatable bonds is 7. The third-order valence-corrected chi connectivity index (χ3v) is 6.10. The molecule has 2 aromatic heterocycles. The number of nitrogens with zero attached hydrogens (tertiary/aromatic N) is 4. The maximum Gasteiger partial charge on any atom is 0.347 e. The zero-order valence-electron chi connectivity index (χ0n) is 20.4. The van der Waals surface area contributed by atoms with E-state index < -0.39 is 9.85 Å². The molecule has 1 amide bonds. The summed E-state index contributed by atoms with van der Waals surface area (Å²) < 4.78 is 3.47. The lowest BCUT2D eigenvalue weighted by Crippen LogP contribution is -2.30. The number of aromatic nitrogens is 2. The zero-order valence-corrected chi connectivity index (χ0v) is 20.4. The molecule has 1 N–H and O–H groups in total. The molecule has 3 aromatic carbocycles. The van der Waals surface area contributed by atoms with Crippen molar-refractivity contribution in [3.05, 3.63) is 148 Å². The van der Waals surface area contributed by atoms with Crippen molar-refractivity contribution in [3.63, 3.8) is 0 Å². The van der Waals surface area contributed by atoms with Gasteiger partial charge in [0.25, 0.3) is 17.3 Å². The average Bonchev–Trinajstić information content (AvgIpc) is 2.97. The molecule has 0 aliphatic heterocycles. The molecule has 0 spiro atoms. The van der Waals surface area contributed by atoms with Crippen molar-refractivity contribution >= 4 is 23.0 Å². The van der Waals surface area contributed by atoms with E-state index in [0.717, 1.165) is 28.6 Å². The molecule has 2 heterocycles. The van der Waals surface area contributed by atoms with Crippen LogP contribution in [0.4, 0.5) is 17.1 Å². The molecule has 0 aliphatic rings. The molecular weight excluding hydrogens is 498 g/mol. The van der Waals surface area contributed by atoms with E-state index in [1.807, 2.05) is 83.7 Å². The fourth-order valence-corrected chi connectivity index (χ4v) is 4.07. The number of nitro groups is 2. The van der Waals surface area contributed by atoms with Crippen LogP contribution in [0.1, 0.15) is 10.4 Å². The Morgan fingerprint density at radius 3 is 1.82 bits per heavy atom. The molecule has 0 saturated carbocycles. The molecule has 0 atom stereocenters. The molecule has 0 bridgehead atoms. The molecule has 10 nitrogen and oxygen atoms in total. The van der Waals surface area contributed by atoms with Crippen LogP contribution >= 0.6 is 0 Å². The number of pyridine rings is 2. The van der Waals surface area contributed by atoms with Crippen molar-refractivity contribution in [2.45, 2.75) is 0 Å². The van der Waals surface area contributed by atoms with Gasteiger partial charge in [-0.3, -0.25) is 25.0 Å². The molecule has 190 valence electrons. The van der Waals surface area contributed by atoms with E-state index in [1.165, 1.54) is 12.1 Å². The number of para-hydroxylation sites is 1. The second-order valence-corrected chi connectivity index (χ2v) is 8.54. The van der Waals surface area contributed by atoms with Crippen molar-refractivity contribution in [1.29, 1.82) is 0 Å². The van der Waals surface area contributed by atoms with Crippen molar-refractivity contribution in [2.75, 3.05) is 5.32 Å². The number of nitro benzene ring substituents is 2. The van der Waals surface area contributed by atoms with Gasteiger partial charge in [-0.05, 0) is 35.4 Å². The highest BCUT2D eigenvalue weighted by Gasteiger charge is 2.26. The van der Waals surface area contributed by atoms with Crippen molar-refractivity contribution < 1.29 is 23.8 Å². The van der Waals surface area contributed by atoms with Gasteiger partial charge in [-0.1, -0.05) is 18.2 Å². The monoisotopic (exact) mass is 519 g/mol. The van der Waals surface area contributed by atoms with E-state index in [-0.39, 0.29) is 23.0 Å². The number of nitrogens with one attached hydrogen (secondary N) is 1. The highest BCUT2D eigenvalue weighted by atomic mass is 16.6. The number of carbonyl (C=O) groups excluding carboxylic acids is 1. The van der Waals surface area contributed by atoms with Gasteiger partial charge in [0.15, 0.2) is 24.8 Å². The van der Waals surface area contributed by atoms with Crippen LogP contribution in [0.3, 0.4) is 0 Å². The predicted molar refractivity (Wildman–Crippen MR) is 143 cm³/mol. The standard InChI is InChI=1S/C29H20N5O5/c35-29(30-24-4-2-1-3-5-24)23-6-8-25(9-7-23)31-16-12-21(13-17-31)22-14-18-32(19-15-22)27-11-10-26(33(36)37)20-28(27)34(38)39/h1-20H/q+1/p+1. The Morgan fingerprint density at radius 2 is 1.26 bits per heavy atom. The van der Waals surface area contributed by atoms with Crippen LogP contribution in [0, 0.1) is 20.2 Å². The van der Waals surface area contributed by atoms with Crippen molar-refractivity contribution in [1.82, 2.24) is 0 Å². The second kappa shape index (κ2) is 10.7. The smallest absolute Gasteiger partial charge is 0.322 e. The van der Waals surface area contributed by atoms with Crippen LogP contribution in [-0.2, 0) is 0 Å². The van der Waals surface area contributed by atoms with Gasteiger partial charge in [0.05, 0.1) is 9.85 Å². The number of carbonyl (C=O) groups is 1. The summed E-state index contributed by atoms with van der Waals surface area (Å²) in [5.74, 6) is -0.187. The van der Waals surface area contributed by atoms with Crippen LogP contribution in [0.2, 0.25) is 0 Å². The minimum Gasteiger partial charge on any atom is -0.322 e. The summed E-state index contributed by atoms with van der Waals surface area (Å²) in [4.78, 5) is 33.7. The number of hydrogen-bond acceptors (Lipinski definition) is 5. The molecule has 10 heteroatoms. The predicted octanol–water partition coefficient (Wildman–Crippen LogP) is 4.98. The third kappa shape index (κ3) is 5.49. The van der Waals surface area contributed by atoms with Gasteiger partial charge in [-0.2, -0.15) is 9.13 Å². The first-order chi connectivity index (χ1) is 18.9. The van der Waals surface area contributed by atoms with Crippen LogP contribution in [0.5, 0.6) is 0 Å². The van der Waals surface area contributed by atoms with Gasteiger partial charge in [-0.25, -0.2) is 0 Å². The summed E-state index contributed by atoms with van der Waals surface area (Å²) in [6.45, 7) is 0. The number of hydrogen-bond donors (Lipinski definition) is 1. The SMILES string of the molecule is O=C(Nc1ccccc1)c1ccc(-[n+]2ccc(-c3cc[n+](-c4ccc([N+](=O)[O-])cc4[N+](=O)[O-])cc3)cc2)cc1. The third-order valence-electron chi connectivity index (χ3n) is 6.10. The molecule has 5 aromatic rings. The molecule has 0 aliphatic carbocycles. The number of benzene rings is 3. The van der Waals surface area contributed by atoms with E-state index in [4.69, 9.17) is 0 Å². The molecule has 0 unspecified atom stereocenters. The van der Waals surface area contributed by atoms with Crippen LogP contribution in [-0.4, -0.2) is 15.8 Å². The van der Waals surface area contributed by atoms with E-state index >= 15 is 0 Å². The van der Waals surface area contributed by atoms with E-state index in [2.05, 4.69) is 5.32 Å². The number of amides is 1. The maximum absolute atomic E-state index is 12.5. The Morgan fingerprint density at radius 1 is 0.667 bits per heavy atom. The quantitative estimate of drug-likeness (QED) is 0.185. The average molecular weight is 520 g/mol. The largest absolute Gasteiger partial charge is 0.347 e. The van der Waals surface area contributed by atoms with Gasteiger partial charge >= 0.3 is 5.69 Å². The lowest BCUT2D eigenvalue weighted by atomic mass is 10.1. The highest BCUT2D eigenvalue weighted by molar-refractivity contribution is 6.04. The first kappa shape index (κ1) is 24.9. The Labute approximate surface area is 222 Å². The molecule has 0 fully saturated rings. The summed E-state index contributed by atoms with van der Waals surface area (Å²) >= 11 is 0. The lowest BCUT2D eigenvalue weighted by Gasteiger charge is -2.05. The number of non-ortho nitro benzene ring substituents is 1. The molecule has 0 radical (unpaired) electrons. The van der Waals surface area contributed by atoms with Crippen LogP contribution in [0.15, 0.2) is 122 Å². The van der Waals surface area contributed by atoms with Crippen molar-refractivity contribution in [3.8, 4) is 22.5 Å². The Bertz CT molecular complexity index is 1670. The highest BCUT2D eigenvalue weighted by Crippen LogP contribution is 2.25. The fourth-order valence-electron chi connectivity index (χ4n) is 4.07. The van der Waals surface area contributed by atoms with Gasteiger partial charge < -0.3 is 5.32 Å². The van der Waals surface area contributed by atoms with Gasteiger partial charge in [0, 0.05) is 59.8 Å². The van der Waals surface area contributed by atoms with Gasteiger partial charge in [0.2, 0.25) is 5.69 Å². The zero-order chi connectivity index (χ0) is 27.4. The first-order valence-electron chi connectivity index (χ1n) is 11.8. The molecular formula is C29H21N5O5+2. The first-order valence-corrected chi connectivity index (χ1v) is 11.8. The van der Waals surface area contributed by atoms with Crippen LogP contribution < -0.4 is 14.5 Å². The summed E-state index contributed by atoms with van der Waals surface area (Å²) in [6, 6.07) is 27.6. The van der Waals surface area contributed by atoms with E-state index in [1.54, 1.807) is 29.1 Å².